The molecule has 0 aromatic carbocycles. The minimum absolute atomic E-state index is 0.0745. The molecular formula is C12H17ClF3N3O+2. The molecule has 20 heavy (non-hydrogen) atoms. The standard InChI is InChI=1S/C12H15ClF3N3O/c13-10-7-9(12(14,15)16)8-17-11(10)19-3-1-18(2-4-19)5-6-20/h7-8,20H,1-6H2/p+2. The van der Waals surface area contributed by atoms with Crippen molar-refractivity contribution >= 4 is 17.4 Å². The quantitative estimate of drug-likeness (QED) is 0.817. The number of hydrogen-bond acceptors (Lipinski definition) is 2. The van der Waals surface area contributed by atoms with Gasteiger partial charge < -0.3 is 10.0 Å². The molecule has 0 saturated carbocycles. The number of aliphatic hydroxyl groups excluding tert-OH is 1. The molecule has 2 rings (SSSR count). The summed E-state index contributed by atoms with van der Waals surface area (Å²) in [6, 6.07) is 0.945. The van der Waals surface area contributed by atoms with Crippen LogP contribution in [-0.2, 0) is 6.18 Å². The van der Waals surface area contributed by atoms with Crippen LogP contribution in [-0.4, -0.2) is 44.4 Å². The number of aliphatic hydroxyl groups is 1. The van der Waals surface area contributed by atoms with E-state index in [2.05, 4.69) is 4.98 Å². The fraction of sp³-hybridized carbons (Fsp3) is 0.583. The number of hydrogen-bond donors (Lipinski definition) is 2. The summed E-state index contributed by atoms with van der Waals surface area (Å²) in [7, 11) is 0. The summed E-state index contributed by atoms with van der Waals surface area (Å²) < 4.78 is 37.7. The maximum absolute atomic E-state index is 12.6. The molecule has 0 spiro atoms. The van der Waals surface area contributed by atoms with E-state index in [1.165, 1.54) is 4.90 Å². The molecule has 8 heteroatoms. The molecule has 0 amide bonds. The summed E-state index contributed by atoms with van der Waals surface area (Å²) in [4.78, 5) is 5.86. The Bertz CT molecular complexity index is 462. The zero-order valence-corrected chi connectivity index (χ0v) is 11.6. The number of pyridine rings is 1. The van der Waals surface area contributed by atoms with Crippen LogP contribution in [0, 0.1) is 0 Å². The van der Waals surface area contributed by atoms with E-state index in [-0.39, 0.29) is 11.6 Å². The number of rotatable bonds is 3. The van der Waals surface area contributed by atoms with E-state index < -0.39 is 11.7 Å². The van der Waals surface area contributed by atoms with Crippen LogP contribution in [0.2, 0.25) is 5.02 Å². The molecule has 0 radical (unpaired) electrons. The fourth-order valence-corrected chi connectivity index (χ4v) is 2.61. The number of aromatic nitrogens is 1. The summed E-state index contributed by atoms with van der Waals surface area (Å²) in [5.41, 5.74) is -0.782. The lowest BCUT2D eigenvalue weighted by Gasteiger charge is -2.28. The molecule has 1 aromatic rings. The van der Waals surface area contributed by atoms with Gasteiger partial charge in [-0.2, -0.15) is 13.2 Å². The molecule has 3 N–H and O–H groups in total. The zero-order chi connectivity index (χ0) is 14.8. The Kier molecular flexibility index (Phi) is 4.72. The number of nitrogens with one attached hydrogen (secondary N) is 2. The van der Waals surface area contributed by atoms with Crippen molar-refractivity contribution in [2.75, 3.05) is 44.2 Å². The molecule has 0 atom stereocenters. The van der Waals surface area contributed by atoms with Crippen LogP contribution in [0.5, 0.6) is 0 Å². The van der Waals surface area contributed by atoms with Crippen LogP contribution in [0.15, 0.2) is 12.3 Å². The van der Waals surface area contributed by atoms with E-state index in [1.54, 1.807) is 0 Å². The topological polar surface area (TPSA) is 42.1 Å². The maximum atomic E-state index is 12.6. The predicted molar refractivity (Wildman–Crippen MR) is 67.9 cm³/mol. The Balaban J connectivity index is 2.07. The van der Waals surface area contributed by atoms with Crippen LogP contribution in [0.25, 0.3) is 0 Å². The first kappa shape index (κ1) is 15.3. The highest BCUT2D eigenvalue weighted by Gasteiger charge is 2.34. The van der Waals surface area contributed by atoms with Gasteiger partial charge in [0.2, 0.25) is 0 Å². The Labute approximate surface area is 119 Å². The molecule has 112 valence electrons. The summed E-state index contributed by atoms with van der Waals surface area (Å²) in [5.74, 6) is 0.516. The molecule has 1 aliphatic rings. The van der Waals surface area contributed by atoms with E-state index in [4.69, 9.17) is 16.7 Å². The number of H-pyrrole nitrogens is 1. The molecule has 2 heterocycles. The minimum Gasteiger partial charge on any atom is -0.391 e. The van der Waals surface area contributed by atoms with Gasteiger partial charge in [0.25, 0.3) is 5.82 Å². The highest BCUT2D eigenvalue weighted by Crippen LogP contribution is 2.31. The van der Waals surface area contributed by atoms with Gasteiger partial charge in [-0.05, 0) is 6.07 Å². The van der Waals surface area contributed by atoms with Crippen molar-refractivity contribution in [3.8, 4) is 0 Å². The molecule has 4 nitrogen and oxygen atoms in total. The second kappa shape index (κ2) is 6.15. The van der Waals surface area contributed by atoms with Crippen LogP contribution < -0.4 is 14.8 Å². The average molecular weight is 312 g/mol. The highest BCUT2D eigenvalue weighted by atomic mass is 35.5. The van der Waals surface area contributed by atoms with Crippen molar-refractivity contribution in [1.82, 2.24) is 0 Å². The Morgan fingerprint density at radius 2 is 2.00 bits per heavy atom. The summed E-state index contributed by atoms with van der Waals surface area (Å²) in [6.07, 6.45) is -3.46. The van der Waals surface area contributed by atoms with Crippen molar-refractivity contribution in [3.05, 3.63) is 22.8 Å². The number of anilines is 1. The number of halogens is 4. The lowest BCUT2D eigenvalue weighted by Crippen LogP contribution is -3.15. The van der Waals surface area contributed by atoms with Gasteiger partial charge in [-0.25, -0.2) is 9.88 Å². The zero-order valence-electron chi connectivity index (χ0n) is 10.8. The first-order chi connectivity index (χ1) is 9.41. The number of nitrogens with zero attached hydrogens (tertiary/aromatic N) is 1. The second-order valence-electron chi connectivity index (χ2n) is 4.79. The van der Waals surface area contributed by atoms with Crippen LogP contribution >= 0.6 is 11.6 Å². The molecule has 0 aliphatic carbocycles. The van der Waals surface area contributed by atoms with Crippen molar-refractivity contribution in [1.29, 1.82) is 0 Å². The lowest BCUT2D eigenvalue weighted by molar-refractivity contribution is -0.901. The summed E-state index contributed by atoms with van der Waals surface area (Å²) in [6.45, 7) is 3.87. The Hall–Kier alpha value is -1.05. The van der Waals surface area contributed by atoms with Gasteiger partial charge in [0.15, 0.2) is 0 Å². The first-order valence-electron chi connectivity index (χ1n) is 6.39. The SMILES string of the molecule is OCC[NH+]1CCN(c2[nH+]cc(C(F)(F)F)cc2Cl)CC1. The summed E-state index contributed by atoms with van der Waals surface area (Å²) >= 11 is 5.95. The van der Waals surface area contributed by atoms with E-state index in [0.29, 0.717) is 25.5 Å². The van der Waals surface area contributed by atoms with Gasteiger partial charge in [-0.15, -0.1) is 0 Å². The molecular weight excluding hydrogens is 295 g/mol. The minimum atomic E-state index is -4.40. The van der Waals surface area contributed by atoms with Crippen LogP contribution in [0.1, 0.15) is 5.56 Å². The highest BCUT2D eigenvalue weighted by molar-refractivity contribution is 6.32. The normalized spacial score (nSPS) is 17.6. The molecule has 0 unspecified atom stereocenters. The molecule has 1 aromatic heterocycles. The van der Waals surface area contributed by atoms with Crippen molar-refractivity contribution in [2.45, 2.75) is 6.18 Å². The van der Waals surface area contributed by atoms with Gasteiger partial charge in [-0.1, -0.05) is 11.6 Å². The van der Waals surface area contributed by atoms with E-state index in [1.807, 2.05) is 4.90 Å². The van der Waals surface area contributed by atoms with E-state index >= 15 is 0 Å². The van der Waals surface area contributed by atoms with Gasteiger partial charge in [0.1, 0.15) is 43.9 Å². The fourth-order valence-electron chi connectivity index (χ4n) is 2.32. The van der Waals surface area contributed by atoms with E-state index in [0.717, 1.165) is 25.4 Å². The smallest absolute Gasteiger partial charge is 0.391 e. The maximum Gasteiger partial charge on any atom is 0.419 e. The van der Waals surface area contributed by atoms with Gasteiger partial charge in [0.05, 0.1) is 12.2 Å². The monoisotopic (exact) mass is 311 g/mol. The molecule has 0 bridgehead atoms. The molecule has 1 fully saturated rings. The van der Waals surface area contributed by atoms with Crippen LogP contribution in [0.4, 0.5) is 19.0 Å². The van der Waals surface area contributed by atoms with Gasteiger partial charge in [-0.3, -0.25) is 0 Å². The predicted octanol–water partition coefficient (Wildman–Crippen LogP) is -0.130. The third-order valence-corrected chi connectivity index (χ3v) is 3.74. The third kappa shape index (κ3) is 3.53. The summed E-state index contributed by atoms with van der Waals surface area (Å²) in [5, 5.41) is 8.96. The Morgan fingerprint density at radius 1 is 1.35 bits per heavy atom. The average Bonchev–Trinajstić information content (AvgIpc) is 2.39. The Morgan fingerprint density at radius 3 is 2.50 bits per heavy atom. The van der Waals surface area contributed by atoms with Gasteiger partial charge in [0, 0.05) is 0 Å². The second-order valence-corrected chi connectivity index (χ2v) is 5.20. The number of aromatic amines is 1. The van der Waals surface area contributed by atoms with Gasteiger partial charge >= 0.3 is 6.18 Å². The number of quaternary nitrogens is 1. The molecule has 1 saturated heterocycles. The largest absolute Gasteiger partial charge is 0.419 e. The third-order valence-electron chi connectivity index (χ3n) is 3.45. The van der Waals surface area contributed by atoms with Crippen molar-refractivity contribution in [3.63, 3.8) is 0 Å². The molecule has 1 aliphatic heterocycles. The van der Waals surface area contributed by atoms with Crippen molar-refractivity contribution < 1.29 is 28.2 Å². The number of alkyl halides is 3. The number of piperazine rings is 1. The van der Waals surface area contributed by atoms with Crippen molar-refractivity contribution in [2.24, 2.45) is 0 Å². The van der Waals surface area contributed by atoms with Crippen LogP contribution in [0.3, 0.4) is 0 Å². The first-order valence-corrected chi connectivity index (χ1v) is 6.77. The lowest BCUT2D eigenvalue weighted by atomic mass is 10.2. The van der Waals surface area contributed by atoms with E-state index in [9.17, 15) is 13.2 Å².